The molecule has 0 fully saturated rings. The lowest BCUT2D eigenvalue weighted by molar-refractivity contribution is -0.234. The largest absolute Gasteiger partial charge is 0.441 e. The van der Waals surface area contributed by atoms with Gasteiger partial charge in [0.05, 0.1) is 0 Å². The van der Waals surface area contributed by atoms with Gasteiger partial charge in [-0.05, 0) is 0 Å². The zero-order valence-electron chi connectivity index (χ0n) is 3.05. The van der Waals surface area contributed by atoms with E-state index in [9.17, 15) is 9.18 Å². The highest BCUT2D eigenvalue weighted by Gasteiger charge is 2.12. The minimum absolute atomic E-state index is 1.90. The lowest BCUT2D eigenvalue weighted by Crippen LogP contribution is -2.09. The van der Waals surface area contributed by atoms with Crippen molar-refractivity contribution in [2.24, 2.45) is 0 Å². The van der Waals surface area contributed by atoms with E-state index in [0.29, 0.717) is 0 Å². The van der Waals surface area contributed by atoms with Gasteiger partial charge in [-0.15, -0.1) is 0 Å². The lowest BCUT2D eigenvalue weighted by Gasteiger charge is -1.80. The first-order chi connectivity index (χ1) is 3.18. The van der Waals surface area contributed by atoms with Gasteiger partial charge < -0.3 is 0 Å². The maximum Gasteiger partial charge on any atom is 0.441 e. The Hall–Kier alpha value is -0.970. The summed E-state index contributed by atoms with van der Waals surface area (Å²) in [5.41, 5.74) is 0. The first kappa shape index (κ1) is 6.03. The second-order valence-electron chi connectivity index (χ2n) is 0.652. The molecule has 40 valence electrons. The SMILES string of the molecule is O=C(F)C(=O)OO. The van der Waals surface area contributed by atoms with E-state index >= 15 is 0 Å². The fourth-order valence-electron chi connectivity index (χ4n) is 0.0359. The van der Waals surface area contributed by atoms with Crippen LogP contribution < -0.4 is 0 Å². The zero-order valence-corrected chi connectivity index (χ0v) is 3.05. The van der Waals surface area contributed by atoms with Gasteiger partial charge in [-0.25, -0.2) is 9.59 Å². The van der Waals surface area contributed by atoms with Gasteiger partial charge in [-0.2, -0.15) is 9.65 Å². The Labute approximate surface area is 37.4 Å². The Morgan fingerprint density at radius 3 is 2.00 bits per heavy atom. The standard InChI is InChI=1S/C2HFO4/c3-1(4)2(5)7-6/h6H. The topological polar surface area (TPSA) is 63.6 Å². The Morgan fingerprint density at radius 2 is 2.00 bits per heavy atom. The highest BCUT2D eigenvalue weighted by atomic mass is 19.1. The molecule has 5 heteroatoms. The molecule has 7 heavy (non-hydrogen) atoms. The van der Waals surface area contributed by atoms with E-state index in [-0.39, 0.29) is 0 Å². The van der Waals surface area contributed by atoms with Gasteiger partial charge in [0.15, 0.2) is 0 Å². The third-order valence-electron chi connectivity index (χ3n) is 0.243. The molecule has 1 N–H and O–H groups in total. The highest BCUT2D eigenvalue weighted by molar-refractivity contribution is 6.28. The summed E-state index contributed by atoms with van der Waals surface area (Å²) >= 11 is 0. The number of rotatable bonds is 1. The van der Waals surface area contributed by atoms with Crippen molar-refractivity contribution in [1.29, 1.82) is 0 Å². The van der Waals surface area contributed by atoms with Crippen LogP contribution in [0.1, 0.15) is 0 Å². The van der Waals surface area contributed by atoms with Crippen molar-refractivity contribution in [2.75, 3.05) is 0 Å². The third kappa shape index (κ3) is 1.83. The summed E-state index contributed by atoms with van der Waals surface area (Å²) in [6.07, 6.45) is 0. The number of carbonyl (C=O) groups is 2. The zero-order chi connectivity index (χ0) is 5.86. The molecular formula is C2HFO4. The van der Waals surface area contributed by atoms with Gasteiger partial charge >= 0.3 is 12.0 Å². The molecule has 0 aliphatic carbocycles. The average molecular weight is 108 g/mol. The molecule has 0 saturated carbocycles. The van der Waals surface area contributed by atoms with Gasteiger partial charge in [-0.3, -0.25) is 4.89 Å². The minimum atomic E-state index is -2.32. The summed E-state index contributed by atoms with van der Waals surface area (Å²) in [4.78, 5) is 21.0. The van der Waals surface area contributed by atoms with Crippen molar-refractivity contribution in [3.05, 3.63) is 0 Å². The van der Waals surface area contributed by atoms with Gasteiger partial charge in [0, 0.05) is 0 Å². The second-order valence-corrected chi connectivity index (χ2v) is 0.652. The van der Waals surface area contributed by atoms with Crippen LogP contribution in [0.5, 0.6) is 0 Å². The van der Waals surface area contributed by atoms with Crippen molar-refractivity contribution in [3.8, 4) is 0 Å². The number of hydrogen-bond donors (Lipinski definition) is 1. The smallest absolute Gasteiger partial charge is 0.289 e. The summed E-state index contributed by atoms with van der Waals surface area (Å²) < 4.78 is 10.8. The Morgan fingerprint density at radius 1 is 1.57 bits per heavy atom. The molecule has 0 rings (SSSR count). The van der Waals surface area contributed by atoms with Gasteiger partial charge in [0.25, 0.3) is 0 Å². The van der Waals surface area contributed by atoms with Crippen LogP contribution in [0.3, 0.4) is 0 Å². The molecule has 0 saturated heterocycles. The molecule has 0 aromatic heterocycles. The molecular weight excluding hydrogens is 107 g/mol. The Bertz CT molecular complexity index is 97.9. The fourth-order valence-corrected chi connectivity index (χ4v) is 0.0359. The van der Waals surface area contributed by atoms with Crippen LogP contribution in [-0.2, 0) is 14.5 Å². The Balaban J connectivity index is 3.58. The molecule has 0 bridgehead atoms. The van der Waals surface area contributed by atoms with E-state index in [0.717, 1.165) is 0 Å². The maximum atomic E-state index is 10.8. The average Bonchev–Trinajstić information content (AvgIpc) is 1.65. The molecule has 0 radical (unpaired) electrons. The lowest BCUT2D eigenvalue weighted by atomic mass is 10.8. The molecule has 0 unspecified atom stereocenters. The highest BCUT2D eigenvalue weighted by Crippen LogP contribution is 1.75. The summed E-state index contributed by atoms with van der Waals surface area (Å²) in [5.74, 6) is -1.90. The molecule has 0 heterocycles. The number of carbonyl (C=O) groups excluding carboxylic acids is 2. The van der Waals surface area contributed by atoms with Crippen LogP contribution in [0.15, 0.2) is 0 Å². The van der Waals surface area contributed by atoms with E-state index in [2.05, 4.69) is 4.89 Å². The first-order valence-electron chi connectivity index (χ1n) is 1.23. The number of halogens is 1. The van der Waals surface area contributed by atoms with Crippen LogP contribution in [0, 0.1) is 0 Å². The quantitative estimate of drug-likeness (QED) is 0.213. The minimum Gasteiger partial charge on any atom is -0.289 e. The van der Waals surface area contributed by atoms with Crippen molar-refractivity contribution in [2.45, 2.75) is 0 Å². The van der Waals surface area contributed by atoms with Gasteiger partial charge in [0.1, 0.15) is 0 Å². The van der Waals surface area contributed by atoms with E-state index in [1.807, 2.05) is 0 Å². The summed E-state index contributed by atoms with van der Waals surface area (Å²) in [5, 5.41) is 7.19. The monoisotopic (exact) mass is 108 g/mol. The predicted octanol–water partition coefficient (Wildman–Crippen LogP) is -0.501. The Kier molecular flexibility index (Phi) is 1.94. The molecule has 4 nitrogen and oxygen atoms in total. The summed E-state index contributed by atoms with van der Waals surface area (Å²) in [6.45, 7) is 0. The van der Waals surface area contributed by atoms with E-state index < -0.39 is 12.0 Å². The van der Waals surface area contributed by atoms with Crippen LogP contribution in [-0.4, -0.2) is 17.3 Å². The molecule has 0 atom stereocenters. The summed E-state index contributed by atoms with van der Waals surface area (Å²) in [7, 11) is 0. The van der Waals surface area contributed by atoms with Crippen molar-refractivity contribution in [1.82, 2.24) is 0 Å². The van der Waals surface area contributed by atoms with Crippen molar-refractivity contribution >= 4 is 12.0 Å². The van der Waals surface area contributed by atoms with E-state index in [1.165, 1.54) is 0 Å². The second kappa shape index (κ2) is 2.25. The predicted molar refractivity (Wildman–Crippen MR) is 14.8 cm³/mol. The summed E-state index contributed by atoms with van der Waals surface area (Å²) in [6, 6.07) is -2.32. The van der Waals surface area contributed by atoms with Crippen molar-refractivity contribution < 1.29 is 24.1 Å². The molecule has 0 aliphatic heterocycles. The van der Waals surface area contributed by atoms with Crippen molar-refractivity contribution in [3.63, 3.8) is 0 Å². The van der Waals surface area contributed by atoms with Crippen LogP contribution in [0.2, 0.25) is 0 Å². The van der Waals surface area contributed by atoms with Gasteiger partial charge in [0.2, 0.25) is 0 Å². The molecule has 0 aliphatic rings. The van der Waals surface area contributed by atoms with Crippen LogP contribution in [0.4, 0.5) is 4.39 Å². The van der Waals surface area contributed by atoms with E-state index in [4.69, 9.17) is 10.1 Å². The number of hydrogen-bond acceptors (Lipinski definition) is 4. The first-order valence-corrected chi connectivity index (χ1v) is 1.23. The van der Waals surface area contributed by atoms with Gasteiger partial charge in [-0.1, -0.05) is 0 Å². The molecule has 0 amide bonds. The third-order valence-corrected chi connectivity index (χ3v) is 0.243. The maximum absolute atomic E-state index is 10.8. The van der Waals surface area contributed by atoms with Crippen LogP contribution >= 0.6 is 0 Å². The molecule has 0 spiro atoms. The molecule has 0 aromatic carbocycles. The van der Waals surface area contributed by atoms with E-state index in [1.54, 1.807) is 0 Å². The normalized spacial score (nSPS) is 7.71. The van der Waals surface area contributed by atoms with Crippen LogP contribution in [0.25, 0.3) is 0 Å². The molecule has 0 aromatic rings. The fraction of sp³-hybridized carbons (Fsp3) is 0.